The van der Waals surface area contributed by atoms with Crippen molar-refractivity contribution in [1.29, 1.82) is 0 Å². The minimum Gasteiger partial charge on any atom is -0.480 e. The fraction of sp³-hybridized carbons (Fsp3) is 0.500. The van der Waals surface area contributed by atoms with Gasteiger partial charge in [-0.2, -0.15) is 0 Å². The maximum Gasteiger partial charge on any atom is 0.329 e. The summed E-state index contributed by atoms with van der Waals surface area (Å²) in [6, 6.07) is 7.94. The molecule has 0 spiro atoms. The summed E-state index contributed by atoms with van der Waals surface area (Å²) in [7, 11) is 0. The molecule has 0 heterocycles. The molecular weight excluding hydrogens is 270 g/mol. The Bertz CT molecular complexity index is 488. The van der Waals surface area contributed by atoms with E-state index in [0.29, 0.717) is 0 Å². The summed E-state index contributed by atoms with van der Waals surface area (Å²) in [6.07, 6.45) is 0. The van der Waals surface area contributed by atoms with Gasteiger partial charge in [0.1, 0.15) is 13.2 Å². The van der Waals surface area contributed by atoms with Crippen LogP contribution in [0.1, 0.15) is 44.9 Å². The standard InChI is InChI=1S/C16H23NO4/c1-11(17-14(18)9-21-10-15(19)20)12-5-7-13(8-6-12)16(2,3)4/h5-8,11H,9-10H2,1-4H3,(H,17,18)(H,19,20). The zero-order chi connectivity index (χ0) is 16.0. The summed E-state index contributed by atoms with van der Waals surface area (Å²) in [6.45, 7) is 7.59. The molecule has 0 aliphatic heterocycles. The molecule has 1 aromatic carbocycles. The first-order valence-corrected chi connectivity index (χ1v) is 6.89. The van der Waals surface area contributed by atoms with Crippen molar-refractivity contribution >= 4 is 11.9 Å². The predicted molar refractivity (Wildman–Crippen MR) is 80.2 cm³/mol. The number of hydrogen-bond acceptors (Lipinski definition) is 3. The predicted octanol–water partition coefficient (Wildman–Crippen LogP) is 2.26. The number of amides is 1. The molecule has 0 saturated heterocycles. The molecule has 1 aromatic rings. The van der Waals surface area contributed by atoms with Gasteiger partial charge in [-0.15, -0.1) is 0 Å². The van der Waals surface area contributed by atoms with Crippen molar-refractivity contribution in [2.45, 2.75) is 39.2 Å². The van der Waals surface area contributed by atoms with Crippen LogP contribution in [0.15, 0.2) is 24.3 Å². The highest BCUT2D eigenvalue weighted by molar-refractivity contribution is 5.78. The minimum absolute atomic E-state index is 0.0929. The average Bonchev–Trinajstić information content (AvgIpc) is 2.37. The number of carbonyl (C=O) groups excluding carboxylic acids is 1. The number of benzene rings is 1. The van der Waals surface area contributed by atoms with Crippen LogP contribution >= 0.6 is 0 Å². The Balaban J connectivity index is 2.53. The Morgan fingerprint density at radius 2 is 1.76 bits per heavy atom. The number of ether oxygens (including phenoxy) is 1. The maximum absolute atomic E-state index is 11.6. The largest absolute Gasteiger partial charge is 0.480 e. The number of carbonyl (C=O) groups is 2. The second-order valence-corrected chi connectivity index (χ2v) is 6.05. The molecule has 0 aromatic heterocycles. The SMILES string of the molecule is CC(NC(=O)COCC(=O)O)c1ccc(C(C)(C)C)cc1. The molecule has 5 heteroatoms. The van der Waals surface area contributed by atoms with Gasteiger partial charge < -0.3 is 15.2 Å². The molecule has 1 rings (SSSR count). The van der Waals surface area contributed by atoms with Crippen LogP contribution in [0.3, 0.4) is 0 Å². The third-order valence-electron chi connectivity index (χ3n) is 3.11. The van der Waals surface area contributed by atoms with Crippen LogP contribution in [-0.2, 0) is 19.7 Å². The van der Waals surface area contributed by atoms with Gasteiger partial charge in [0.15, 0.2) is 0 Å². The van der Waals surface area contributed by atoms with E-state index < -0.39 is 12.6 Å². The van der Waals surface area contributed by atoms with Crippen molar-refractivity contribution in [1.82, 2.24) is 5.32 Å². The van der Waals surface area contributed by atoms with Crippen molar-refractivity contribution in [2.24, 2.45) is 0 Å². The molecule has 1 unspecified atom stereocenters. The summed E-state index contributed by atoms with van der Waals surface area (Å²) in [5, 5.41) is 11.2. The Morgan fingerprint density at radius 1 is 1.19 bits per heavy atom. The van der Waals surface area contributed by atoms with Gasteiger partial charge in [0.05, 0.1) is 6.04 Å². The van der Waals surface area contributed by atoms with Crippen LogP contribution < -0.4 is 5.32 Å². The van der Waals surface area contributed by atoms with Gasteiger partial charge in [-0.05, 0) is 23.5 Å². The van der Waals surface area contributed by atoms with Gasteiger partial charge in [0.25, 0.3) is 0 Å². The molecule has 5 nitrogen and oxygen atoms in total. The van der Waals surface area contributed by atoms with Crippen LogP contribution in [-0.4, -0.2) is 30.2 Å². The Labute approximate surface area is 125 Å². The van der Waals surface area contributed by atoms with Crippen LogP contribution in [0.4, 0.5) is 0 Å². The number of hydrogen-bond donors (Lipinski definition) is 2. The lowest BCUT2D eigenvalue weighted by Gasteiger charge is -2.20. The molecule has 21 heavy (non-hydrogen) atoms. The summed E-state index contributed by atoms with van der Waals surface area (Å²) < 4.78 is 4.75. The van der Waals surface area contributed by atoms with E-state index in [0.717, 1.165) is 5.56 Å². The van der Waals surface area contributed by atoms with Crippen molar-refractivity contribution in [3.05, 3.63) is 35.4 Å². The molecule has 116 valence electrons. The van der Waals surface area contributed by atoms with Crippen LogP contribution in [0, 0.1) is 0 Å². The number of carboxylic acids is 1. The van der Waals surface area contributed by atoms with Gasteiger partial charge in [0.2, 0.25) is 5.91 Å². The monoisotopic (exact) mass is 293 g/mol. The minimum atomic E-state index is -1.09. The quantitative estimate of drug-likeness (QED) is 0.843. The van der Waals surface area contributed by atoms with Gasteiger partial charge >= 0.3 is 5.97 Å². The molecular formula is C16H23NO4. The van der Waals surface area contributed by atoms with E-state index in [4.69, 9.17) is 9.84 Å². The number of rotatable bonds is 6. The van der Waals surface area contributed by atoms with Crippen LogP contribution in [0.2, 0.25) is 0 Å². The van der Waals surface area contributed by atoms with Crippen molar-refractivity contribution in [2.75, 3.05) is 13.2 Å². The number of carboxylic acid groups (broad SMARTS) is 1. The van der Waals surface area contributed by atoms with E-state index in [1.165, 1.54) is 5.56 Å². The van der Waals surface area contributed by atoms with E-state index >= 15 is 0 Å². The van der Waals surface area contributed by atoms with E-state index in [1.807, 2.05) is 19.1 Å². The normalized spacial score (nSPS) is 12.8. The van der Waals surface area contributed by atoms with Gasteiger partial charge in [-0.3, -0.25) is 4.79 Å². The first kappa shape index (κ1) is 17.2. The smallest absolute Gasteiger partial charge is 0.329 e. The number of aliphatic carboxylic acids is 1. The van der Waals surface area contributed by atoms with Crippen LogP contribution in [0.25, 0.3) is 0 Å². The molecule has 0 aliphatic carbocycles. The molecule has 0 radical (unpaired) electrons. The summed E-state index contributed by atoms with van der Waals surface area (Å²) in [5.74, 6) is -1.42. The fourth-order valence-corrected chi connectivity index (χ4v) is 1.87. The maximum atomic E-state index is 11.6. The highest BCUT2D eigenvalue weighted by atomic mass is 16.5. The van der Waals surface area contributed by atoms with Crippen molar-refractivity contribution in [3.8, 4) is 0 Å². The summed E-state index contributed by atoms with van der Waals surface area (Å²) in [4.78, 5) is 21.9. The van der Waals surface area contributed by atoms with Crippen LogP contribution in [0.5, 0.6) is 0 Å². The topological polar surface area (TPSA) is 75.6 Å². The van der Waals surface area contributed by atoms with E-state index in [1.54, 1.807) is 0 Å². The molecule has 1 atom stereocenters. The van der Waals surface area contributed by atoms with E-state index in [9.17, 15) is 9.59 Å². The molecule has 2 N–H and O–H groups in total. The van der Waals surface area contributed by atoms with Gasteiger partial charge in [-0.25, -0.2) is 4.79 Å². The van der Waals surface area contributed by atoms with Crippen molar-refractivity contribution < 1.29 is 19.4 Å². The van der Waals surface area contributed by atoms with Gasteiger partial charge in [-0.1, -0.05) is 45.0 Å². The van der Waals surface area contributed by atoms with Gasteiger partial charge in [0, 0.05) is 0 Å². The fourth-order valence-electron chi connectivity index (χ4n) is 1.87. The zero-order valence-corrected chi connectivity index (χ0v) is 13.0. The second kappa shape index (κ2) is 7.22. The lowest BCUT2D eigenvalue weighted by molar-refractivity contribution is -0.143. The second-order valence-electron chi connectivity index (χ2n) is 6.05. The lowest BCUT2D eigenvalue weighted by Crippen LogP contribution is -2.31. The lowest BCUT2D eigenvalue weighted by atomic mass is 9.86. The summed E-state index contributed by atoms with van der Waals surface area (Å²) >= 11 is 0. The third-order valence-corrected chi connectivity index (χ3v) is 3.11. The molecule has 0 bridgehead atoms. The molecule has 0 aliphatic rings. The van der Waals surface area contributed by atoms with Crippen molar-refractivity contribution in [3.63, 3.8) is 0 Å². The average molecular weight is 293 g/mol. The molecule has 0 fully saturated rings. The Morgan fingerprint density at radius 3 is 2.24 bits per heavy atom. The Hall–Kier alpha value is -1.88. The van der Waals surface area contributed by atoms with E-state index in [2.05, 4.69) is 38.2 Å². The zero-order valence-electron chi connectivity index (χ0n) is 13.0. The first-order chi connectivity index (χ1) is 9.70. The Kier molecular flexibility index (Phi) is 5.90. The first-order valence-electron chi connectivity index (χ1n) is 6.89. The highest BCUT2D eigenvalue weighted by Gasteiger charge is 2.15. The third kappa shape index (κ3) is 5.95. The van der Waals surface area contributed by atoms with E-state index in [-0.39, 0.29) is 24.0 Å². The molecule has 0 saturated carbocycles. The molecule has 1 amide bonds. The number of nitrogens with one attached hydrogen (secondary N) is 1. The highest BCUT2D eigenvalue weighted by Crippen LogP contribution is 2.23. The summed E-state index contributed by atoms with van der Waals surface area (Å²) in [5.41, 5.74) is 2.32.